The van der Waals surface area contributed by atoms with Crippen molar-refractivity contribution in [1.82, 2.24) is 10.2 Å². The number of piperazine rings is 1. The van der Waals surface area contributed by atoms with Gasteiger partial charge in [0.15, 0.2) is 0 Å². The molecule has 1 aromatic carbocycles. The van der Waals surface area contributed by atoms with Crippen molar-refractivity contribution in [3.8, 4) is 0 Å². The van der Waals surface area contributed by atoms with E-state index in [0.29, 0.717) is 12.5 Å². The fraction of sp³-hybridized carbons (Fsp3) is 0.533. The molecule has 0 saturated carbocycles. The second-order valence-electron chi connectivity index (χ2n) is 5.05. The fourth-order valence-electron chi connectivity index (χ4n) is 2.40. The highest BCUT2D eigenvalue weighted by Gasteiger charge is 2.20. The Balaban J connectivity index is 1.97. The average Bonchev–Trinajstić information content (AvgIpc) is 2.39. The second-order valence-corrected chi connectivity index (χ2v) is 5.05. The van der Waals surface area contributed by atoms with Gasteiger partial charge >= 0.3 is 0 Å². The summed E-state index contributed by atoms with van der Waals surface area (Å²) in [5.74, 6) is 0.247. The van der Waals surface area contributed by atoms with Crippen LogP contribution in [-0.4, -0.2) is 36.5 Å². The molecule has 1 atom stereocenters. The van der Waals surface area contributed by atoms with E-state index in [-0.39, 0.29) is 5.91 Å². The van der Waals surface area contributed by atoms with E-state index in [1.54, 1.807) is 0 Å². The summed E-state index contributed by atoms with van der Waals surface area (Å²) in [6, 6.07) is 8.75. The van der Waals surface area contributed by atoms with Crippen LogP contribution in [0.2, 0.25) is 0 Å². The third-order valence-corrected chi connectivity index (χ3v) is 3.48. The van der Waals surface area contributed by atoms with E-state index in [0.717, 1.165) is 31.6 Å². The number of hydrogen-bond donors (Lipinski definition) is 1. The van der Waals surface area contributed by atoms with Crippen molar-refractivity contribution >= 4 is 5.91 Å². The number of nitrogens with one attached hydrogen (secondary N) is 1. The zero-order valence-corrected chi connectivity index (χ0v) is 11.3. The van der Waals surface area contributed by atoms with E-state index >= 15 is 0 Å². The van der Waals surface area contributed by atoms with Crippen LogP contribution in [0.25, 0.3) is 0 Å². The van der Waals surface area contributed by atoms with Gasteiger partial charge in [0.2, 0.25) is 5.91 Å². The SMILES string of the molecule is CCc1cccc(CC(=O)N2CCN[C@H](C)C2)c1. The van der Waals surface area contributed by atoms with Crippen molar-refractivity contribution in [3.63, 3.8) is 0 Å². The lowest BCUT2D eigenvalue weighted by Gasteiger charge is -2.32. The minimum Gasteiger partial charge on any atom is -0.340 e. The minimum atomic E-state index is 0.247. The Morgan fingerprint density at radius 2 is 2.22 bits per heavy atom. The van der Waals surface area contributed by atoms with Crippen LogP contribution < -0.4 is 5.32 Å². The molecule has 0 spiro atoms. The zero-order chi connectivity index (χ0) is 13.0. The van der Waals surface area contributed by atoms with Crippen LogP contribution in [0.3, 0.4) is 0 Å². The number of carbonyl (C=O) groups excluding carboxylic acids is 1. The molecule has 98 valence electrons. The molecule has 3 nitrogen and oxygen atoms in total. The van der Waals surface area contributed by atoms with Gasteiger partial charge < -0.3 is 10.2 Å². The number of aryl methyl sites for hydroxylation is 1. The third kappa shape index (κ3) is 3.33. The van der Waals surface area contributed by atoms with Gasteiger partial charge in [0.05, 0.1) is 6.42 Å². The van der Waals surface area contributed by atoms with Crippen LogP contribution in [0.15, 0.2) is 24.3 Å². The quantitative estimate of drug-likeness (QED) is 0.879. The van der Waals surface area contributed by atoms with Crippen molar-refractivity contribution in [3.05, 3.63) is 35.4 Å². The maximum absolute atomic E-state index is 12.2. The third-order valence-electron chi connectivity index (χ3n) is 3.48. The Morgan fingerprint density at radius 1 is 1.44 bits per heavy atom. The van der Waals surface area contributed by atoms with E-state index in [1.165, 1.54) is 5.56 Å². The molecule has 0 aliphatic carbocycles. The fourth-order valence-corrected chi connectivity index (χ4v) is 2.40. The summed E-state index contributed by atoms with van der Waals surface area (Å²) in [5, 5.41) is 3.36. The van der Waals surface area contributed by atoms with Crippen molar-refractivity contribution in [2.45, 2.75) is 32.7 Å². The first-order chi connectivity index (χ1) is 8.69. The molecule has 0 radical (unpaired) electrons. The summed E-state index contributed by atoms with van der Waals surface area (Å²) >= 11 is 0. The number of benzene rings is 1. The van der Waals surface area contributed by atoms with Crippen LogP contribution in [0, 0.1) is 0 Å². The maximum atomic E-state index is 12.2. The minimum absolute atomic E-state index is 0.247. The molecule has 3 heteroatoms. The number of hydrogen-bond acceptors (Lipinski definition) is 2. The summed E-state index contributed by atoms with van der Waals surface area (Å²) in [4.78, 5) is 14.2. The lowest BCUT2D eigenvalue weighted by Crippen LogP contribution is -2.51. The Labute approximate surface area is 109 Å². The summed E-state index contributed by atoms with van der Waals surface area (Å²) < 4.78 is 0. The monoisotopic (exact) mass is 246 g/mol. The molecule has 0 aromatic heterocycles. The first-order valence-corrected chi connectivity index (χ1v) is 6.78. The van der Waals surface area contributed by atoms with Gasteiger partial charge in [-0.1, -0.05) is 31.2 Å². The molecule has 1 N–H and O–H groups in total. The summed E-state index contributed by atoms with van der Waals surface area (Å²) in [6.07, 6.45) is 1.55. The Morgan fingerprint density at radius 3 is 2.94 bits per heavy atom. The first-order valence-electron chi connectivity index (χ1n) is 6.78. The number of amides is 1. The van der Waals surface area contributed by atoms with Gasteiger partial charge in [-0.2, -0.15) is 0 Å². The van der Waals surface area contributed by atoms with Crippen LogP contribution in [-0.2, 0) is 17.6 Å². The average molecular weight is 246 g/mol. The van der Waals surface area contributed by atoms with Gasteiger partial charge in [-0.25, -0.2) is 0 Å². The summed E-state index contributed by atoms with van der Waals surface area (Å²) in [7, 11) is 0. The molecule has 1 fully saturated rings. The Bertz CT molecular complexity index is 417. The van der Waals surface area contributed by atoms with Gasteiger partial charge in [0.1, 0.15) is 0 Å². The van der Waals surface area contributed by atoms with E-state index in [9.17, 15) is 4.79 Å². The molecule has 1 saturated heterocycles. The largest absolute Gasteiger partial charge is 0.340 e. The second kappa shape index (κ2) is 6.01. The normalized spacial score (nSPS) is 19.9. The molecular weight excluding hydrogens is 224 g/mol. The van der Waals surface area contributed by atoms with Gasteiger partial charge in [0.25, 0.3) is 0 Å². The molecule has 0 unspecified atom stereocenters. The van der Waals surface area contributed by atoms with E-state index in [1.807, 2.05) is 17.0 Å². The van der Waals surface area contributed by atoms with Gasteiger partial charge in [-0.3, -0.25) is 4.79 Å². The highest BCUT2D eigenvalue weighted by atomic mass is 16.2. The smallest absolute Gasteiger partial charge is 0.227 e. The highest BCUT2D eigenvalue weighted by Crippen LogP contribution is 2.09. The van der Waals surface area contributed by atoms with Crippen LogP contribution >= 0.6 is 0 Å². The van der Waals surface area contributed by atoms with Gasteiger partial charge in [-0.05, 0) is 24.5 Å². The Kier molecular flexibility index (Phi) is 4.37. The van der Waals surface area contributed by atoms with Gasteiger partial charge in [-0.15, -0.1) is 0 Å². The highest BCUT2D eigenvalue weighted by molar-refractivity contribution is 5.79. The van der Waals surface area contributed by atoms with Crippen molar-refractivity contribution in [1.29, 1.82) is 0 Å². The molecule has 1 aliphatic rings. The first kappa shape index (κ1) is 13.1. The predicted molar refractivity (Wildman–Crippen MR) is 73.6 cm³/mol. The summed E-state index contributed by atoms with van der Waals surface area (Å²) in [5.41, 5.74) is 2.43. The summed E-state index contributed by atoms with van der Waals surface area (Å²) in [6.45, 7) is 6.82. The Hall–Kier alpha value is -1.35. The van der Waals surface area contributed by atoms with Crippen LogP contribution in [0.4, 0.5) is 0 Å². The standard InChI is InChI=1S/C15H22N2O/c1-3-13-5-4-6-14(9-13)10-15(18)17-8-7-16-12(2)11-17/h4-6,9,12,16H,3,7-8,10-11H2,1-2H3/t12-/m1/s1. The topological polar surface area (TPSA) is 32.3 Å². The van der Waals surface area contributed by atoms with Crippen molar-refractivity contribution < 1.29 is 4.79 Å². The molecule has 1 aliphatic heterocycles. The number of carbonyl (C=O) groups is 1. The van der Waals surface area contributed by atoms with Crippen molar-refractivity contribution in [2.75, 3.05) is 19.6 Å². The van der Waals surface area contributed by atoms with Crippen molar-refractivity contribution in [2.24, 2.45) is 0 Å². The molecule has 1 heterocycles. The van der Waals surface area contributed by atoms with E-state index < -0.39 is 0 Å². The zero-order valence-electron chi connectivity index (χ0n) is 11.3. The van der Waals surface area contributed by atoms with Crippen LogP contribution in [0.5, 0.6) is 0 Å². The maximum Gasteiger partial charge on any atom is 0.227 e. The molecule has 1 aromatic rings. The van der Waals surface area contributed by atoms with E-state index in [2.05, 4.69) is 31.3 Å². The molecule has 2 rings (SSSR count). The molecule has 18 heavy (non-hydrogen) atoms. The van der Waals surface area contributed by atoms with Crippen LogP contribution in [0.1, 0.15) is 25.0 Å². The molecule has 0 bridgehead atoms. The lowest BCUT2D eigenvalue weighted by molar-refractivity contribution is -0.131. The van der Waals surface area contributed by atoms with Gasteiger partial charge in [0, 0.05) is 25.7 Å². The predicted octanol–water partition coefficient (Wildman–Crippen LogP) is 1.61. The van der Waals surface area contributed by atoms with E-state index in [4.69, 9.17) is 0 Å². The molecule has 1 amide bonds. The number of nitrogens with zero attached hydrogens (tertiary/aromatic N) is 1. The number of rotatable bonds is 3. The lowest BCUT2D eigenvalue weighted by atomic mass is 10.1. The molecular formula is C15H22N2O.